The molecule has 0 atom stereocenters. The molecule has 0 bridgehead atoms. The van der Waals surface area contributed by atoms with E-state index in [4.69, 9.17) is 0 Å². The van der Waals surface area contributed by atoms with Crippen molar-refractivity contribution in [3.8, 4) is 9.88 Å². The smallest absolute Gasteiger partial charge is 0.206 e. The molecule has 2 aromatic rings. The summed E-state index contributed by atoms with van der Waals surface area (Å²) >= 11 is 3.24. The van der Waals surface area contributed by atoms with Crippen LogP contribution in [0.4, 0.5) is 5.13 Å². The molecule has 0 amide bonds. The first-order valence-electron chi connectivity index (χ1n) is 4.72. The molecule has 15 heavy (non-hydrogen) atoms. The van der Waals surface area contributed by atoms with Gasteiger partial charge in [0.25, 0.3) is 0 Å². The summed E-state index contributed by atoms with van der Waals surface area (Å²) in [6.07, 6.45) is 0. The summed E-state index contributed by atoms with van der Waals surface area (Å²) < 4.78 is 0. The fraction of sp³-hybridized carbons (Fsp3) is 0.444. The minimum Gasteiger partial charge on any atom is -0.360 e. The Labute approximate surface area is 96.4 Å². The van der Waals surface area contributed by atoms with E-state index < -0.39 is 0 Å². The molecule has 0 unspecified atom stereocenters. The fourth-order valence-corrected chi connectivity index (χ4v) is 3.12. The number of hydrogen-bond donors (Lipinski definition) is 1. The largest absolute Gasteiger partial charge is 0.360 e. The number of nitrogens with zero attached hydrogens (tertiary/aromatic N) is 3. The zero-order chi connectivity index (χ0) is 10.8. The van der Waals surface area contributed by atoms with Crippen LogP contribution in [0.5, 0.6) is 0 Å². The number of anilines is 1. The van der Waals surface area contributed by atoms with Gasteiger partial charge in [0, 0.05) is 6.54 Å². The van der Waals surface area contributed by atoms with Crippen molar-refractivity contribution in [2.24, 2.45) is 0 Å². The van der Waals surface area contributed by atoms with Gasteiger partial charge in [-0.05, 0) is 20.8 Å². The van der Waals surface area contributed by atoms with Crippen LogP contribution < -0.4 is 5.32 Å². The summed E-state index contributed by atoms with van der Waals surface area (Å²) in [5, 5.41) is 14.3. The molecule has 2 aromatic heterocycles. The van der Waals surface area contributed by atoms with Crippen LogP contribution >= 0.6 is 22.7 Å². The highest BCUT2D eigenvalue weighted by Crippen LogP contribution is 2.33. The van der Waals surface area contributed by atoms with Crippen molar-refractivity contribution in [3.63, 3.8) is 0 Å². The Balaban J connectivity index is 2.32. The van der Waals surface area contributed by atoms with Gasteiger partial charge in [-0.3, -0.25) is 0 Å². The van der Waals surface area contributed by atoms with E-state index in [9.17, 15) is 0 Å². The van der Waals surface area contributed by atoms with E-state index in [1.807, 2.05) is 20.8 Å². The van der Waals surface area contributed by atoms with E-state index >= 15 is 0 Å². The Bertz CT molecular complexity index is 460. The zero-order valence-electron chi connectivity index (χ0n) is 8.87. The van der Waals surface area contributed by atoms with Gasteiger partial charge in [-0.2, -0.15) is 0 Å². The summed E-state index contributed by atoms with van der Waals surface area (Å²) in [6, 6.07) is 0. The highest BCUT2D eigenvalue weighted by Gasteiger charge is 2.12. The van der Waals surface area contributed by atoms with Crippen LogP contribution in [0, 0.1) is 13.8 Å². The number of aromatic nitrogens is 3. The van der Waals surface area contributed by atoms with Crippen LogP contribution in [0.1, 0.15) is 17.6 Å². The second-order valence-electron chi connectivity index (χ2n) is 3.09. The molecule has 0 spiro atoms. The predicted octanol–water partition coefficient (Wildman–Crippen LogP) is 2.71. The molecule has 1 N–H and O–H groups in total. The van der Waals surface area contributed by atoms with Crippen molar-refractivity contribution in [3.05, 3.63) is 10.7 Å². The monoisotopic (exact) mass is 240 g/mol. The van der Waals surface area contributed by atoms with Crippen molar-refractivity contribution in [2.75, 3.05) is 11.9 Å². The first-order valence-corrected chi connectivity index (χ1v) is 6.35. The molecule has 0 aliphatic carbocycles. The third-order valence-corrected chi connectivity index (χ3v) is 3.96. The number of hydrogen-bond acceptors (Lipinski definition) is 6. The quantitative estimate of drug-likeness (QED) is 0.896. The van der Waals surface area contributed by atoms with E-state index in [0.717, 1.165) is 32.3 Å². The molecule has 0 fully saturated rings. The number of thiazole rings is 1. The van der Waals surface area contributed by atoms with E-state index in [0.29, 0.717) is 0 Å². The van der Waals surface area contributed by atoms with E-state index in [-0.39, 0.29) is 0 Å². The standard InChI is InChI=1S/C9H12N4S2/c1-4-10-9-13-12-8(15-9)7-5(2)11-6(3)14-7/h4H2,1-3H3,(H,10,13). The SMILES string of the molecule is CCNc1nnc(-c2sc(C)nc2C)s1. The van der Waals surface area contributed by atoms with Crippen LogP contribution in [0.15, 0.2) is 0 Å². The maximum absolute atomic E-state index is 4.38. The van der Waals surface area contributed by atoms with Crippen LogP contribution in [0.25, 0.3) is 9.88 Å². The minimum atomic E-state index is 0.870. The average Bonchev–Trinajstić information content (AvgIpc) is 2.73. The maximum Gasteiger partial charge on any atom is 0.206 e. The number of rotatable bonds is 3. The molecular formula is C9H12N4S2. The van der Waals surface area contributed by atoms with Gasteiger partial charge in [0.05, 0.1) is 15.6 Å². The molecule has 0 saturated heterocycles. The summed E-state index contributed by atoms with van der Waals surface area (Å²) in [7, 11) is 0. The Morgan fingerprint density at radius 1 is 1.20 bits per heavy atom. The molecule has 0 aliphatic rings. The number of aryl methyl sites for hydroxylation is 2. The number of nitrogens with one attached hydrogen (secondary N) is 1. The van der Waals surface area contributed by atoms with Crippen LogP contribution in [-0.2, 0) is 0 Å². The topological polar surface area (TPSA) is 50.7 Å². The molecule has 0 aliphatic heterocycles. The Kier molecular flexibility index (Phi) is 2.97. The fourth-order valence-electron chi connectivity index (χ4n) is 1.27. The van der Waals surface area contributed by atoms with Gasteiger partial charge < -0.3 is 5.32 Å². The molecule has 2 rings (SSSR count). The Hall–Kier alpha value is -1.01. The lowest BCUT2D eigenvalue weighted by Crippen LogP contribution is -1.94. The first kappa shape index (κ1) is 10.5. The second-order valence-corrected chi connectivity index (χ2v) is 5.27. The average molecular weight is 240 g/mol. The van der Waals surface area contributed by atoms with Crippen molar-refractivity contribution in [2.45, 2.75) is 20.8 Å². The minimum absolute atomic E-state index is 0.870. The lowest BCUT2D eigenvalue weighted by atomic mass is 10.4. The van der Waals surface area contributed by atoms with Gasteiger partial charge >= 0.3 is 0 Å². The molecule has 2 heterocycles. The summed E-state index contributed by atoms with van der Waals surface area (Å²) in [5.74, 6) is 0. The molecular weight excluding hydrogens is 228 g/mol. The third-order valence-electron chi connectivity index (χ3n) is 1.85. The predicted molar refractivity (Wildman–Crippen MR) is 64.7 cm³/mol. The second kappa shape index (κ2) is 4.24. The summed E-state index contributed by atoms with van der Waals surface area (Å²) in [6.45, 7) is 6.93. The Morgan fingerprint density at radius 3 is 2.60 bits per heavy atom. The van der Waals surface area contributed by atoms with Crippen molar-refractivity contribution >= 4 is 27.8 Å². The van der Waals surface area contributed by atoms with Crippen molar-refractivity contribution in [1.29, 1.82) is 0 Å². The van der Waals surface area contributed by atoms with E-state index in [1.165, 1.54) is 0 Å². The normalized spacial score (nSPS) is 10.6. The molecule has 0 aromatic carbocycles. The zero-order valence-corrected chi connectivity index (χ0v) is 10.5. The van der Waals surface area contributed by atoms with Crippen LogP contribution in [0.2, 0.25) is 0 Å². The van der Waals surface area contributed by atoms with Gasteiger partial charge in [-0.25, -0.2) is 4.98 Å². The maximum atomic E-state index is 4.38. The van der Waals surface area contributed by atoms with Gasteiger partial charge in [0.15, 0.2) is 5.01 Å². The lowest BCUT2D eigenvalue weighted by Gasteiger charge is -1.91. The summed E-state index contributed by atoms with van der Waals surface area (Å²) in [5.41, 5.74) is 1.04. The first-order chi connectivity index (χ1) is 7.20. The van der Waals surface area contributed by atoms with E-state index in [1.54, 1.807) is 22.7 Å². The van der Waals surface area contributed by atoms with Gasteiger partial charge in [-0.1, -0.05) is 11.3 Å². The van der Waals surface area contributed by atoms with Gasteiger partial charge in [0.2, 0.25) is 5.13 Å². The van der Waals surface area contributed by atoms with Crippen molar-refractivity contribution < 1.29 is 0 Å². The lowest BCUT2D eigenvalue weighted by molar-refractivity contribution is 1.07. The van der Waals surface area contributed by atoms with Crippen molar-refractivity contribution in [1.82, 2.24) is 15.2 Å². The van der Waals surface area contributed by atoms with Gasteiger partial charge in [0.1, 0.15) is 0 Å². The van der Waals surface area contributed by atoms with E-state index in [2.05, 4.69) is 20.5 Å². The van der Waals surface area contributed by atoms with Crippen LogP contribution in [0.3, 0.4) is 0 Å². The highest BCUT2D eigenvalue weighted by molar-refractivity contribution is 7.23. The molecule has 0 saturated carbocycles. The third kappa shape index (κ3) is 2.15. The molecule has 80 valence electrons. The van der Waals surface area contributed by atoms with Crippen LogP contribution in [-0.4, -0.2) is 21.7 Å². The summed E-state index contributed by atoms with van der Waals surface area (Å²) in [4.78, 5) is 5.51. The molecule has 4 nitrogen and oxygen atoms in total. The Morgan fingerprint density at radius 2 is 2.00 bits per heavy atom. The van der Waals surface area contributed by atoms with Gasteiger partial charge in [-0.15, -0.1) is 21.5 Å². The highest BCUT2D eigenvalue weighted by atomic mass is 32.1. The molecule has 6 heteroatoms. The molecule has 0 radical (unpaired) electrons.